The average Bonchev–Trinajstić information content (AvgIpc) is 2.80. The van der Waals surface area contributed by atoms with Crippen molar-refractivity contribution < 1.29 is 4.79 Å². The number of hydrogen-bond donors (Lipinski definition) is 1. The van der Waals surface area contributed by atoms with Crippen molar-refractivity contribution in [3.8, 4) is 6.07 Å². The lowest BCUT2D eigenvalue weighted by molar-refractivity contribution is -0.131. The molecule has 2 rings (SSSR count). The highest BCUT2D eigenvalue weighted by Gasteiger charge is 2.11. The summed E-state index contributed by atoms with van der Waals surface area (Å²) in [5.41, 5.74) is 2.33. The van der Waals surface area contributed by atoms with Gasteiger partial charge in [-0.3, -0.25) is 4.79 Å². The molecule has 0 radical (unpaired) electrons. The number of nitrogens with one attached hydrogen (secondary N) is 1. The Bertz CT molecular complexity index is 749. The fourth-order valence-electron chi connectivity index (χ4n) is 2.39. The summed E-state index contributed by atoms with van der Waals surface area (Å²) in [6.07, 6.45) is 0.403. The van der Waals surface area contributed by atoms with Gasteiger partial charge >= 0.3 is 0 Å². The second-order valence-corrected chi connectivity index (χ2v) is 5.13. The lowest BCUT2D eigenvalue weighted by Crippen LogP contribution is -2.31. The molecule has 0 bridgehead atoms. The quantitative estimate of drug-likeness (QED) is 0.864. The van der Waals surface area contributed by atoms with Gasteiger partial charge in [0.2, 0.25) is 5.91 Å². The van der Waals surface area contributed by atoms with E-state index in [1.807, 2.05) is 24.5 Å². The van der Waals surface area contributed by atoms with Crippen molar-refractivity contribution in [1.82, 2.24) is 14.5 Å². The smallest absolute Gasteiger partial charge is 0.224 e. The number of nitrogens with zero attached hydrogens (tertiary/aromatic N) is 3. The van der Waals surface area contributed by atoms with Crippen molar-refractivity contribution in [2.24, 2.45) is 0 Å². The van der Waals surface area contributed by atoms with Crippen molar-refractivity contribution in [1.29, 1.82) is 5.26 Å². The molecule has 1 heterocycles. The highest BCUT2D eigenvalue weighted by Crippen LogP contribution is 2.16. The Hall–Kier alpha value is -2.13. The molecule has 6 heteroatoms. The van der Waals surface area contributed by atoms with E-state index in [1.54, 1.807) is 17.0 Å². The number of aromatic amines is 1. The summed E-state index contributed by atoms with van der Waals surface area (Å²) in [7, 11) is 0. The van der Waals surface area contributed by atoms with E-state index in [0.29, 0.717) is 36.4 Å². The molecule has 0 saturated heterocycles. The first-order valence-electron chi connectivity index (χ1n) is 7.01. The summed E-state index contributed by atoms with van der Waals surface area (Å²) in [4.78, 5) is 17.0. The number of fused-ring (bicyclic) bond motifs is 1. The summed E-state index contributed by atoms with van der Waals surface area (Å²) in [6.45, 7) is 5.89. The van der Waals surface area contributed by atoms with Crippen LogP contribution in [0, 0.1) is 16.1 Å². The Morgan fingerprint density at radius 1 is 1.43 bits per heavy atom. The van der Waals surface area contributed by atoms with Crippen LogP contribution in [0.15, 0.2) is 18.2 Å². The van der Waals surface area contributed by atoms with Crippen molar-refractivity contribution in [3.63, 3.8) is 0 Å². The number of carbonyl (C=O) groups excluding carboxylic acids is 1. The van der Waals surface area contributed by atoms with E-state index in [-0.39, 0.29) is 5.91 Å². The number of aryl methyl sites for hydroxylation is 1. The van der Waals surface area contributed by atoms with E-state index in [4.69, 9.17) is 17.5 Å². The molecule has 1 aromatic heterocycles. The van der Waals surface area contributed by atoms with Crippen molar-refractivity contribution in [3.05, 3.63) is 28.5 Å². The number of H-pyrrole nitrogens is 1. The second-order valence-electron chi connectivity index (χ2n) is 4.74. The molecule has 1 N–H and O–H groups in total. The van der Waals surface area contributed by atoms with Crippen LogP contribution in [0.5, 0.6) is 0 Å². The van der Waals surface area contributed by atoms with Gasteiger partial charge in [0.05, 0.1) is 22.7 Å². The molecular formula is C15H18N4OS. The largest absolute Gasteiger partial charge is 0.343 e. The molecule has 0 aliphatic heterocycles. The van der Waals surface area contributed by atoms with E-state index in [1.165, 1.54) is 0 Å². The lowest BCUT2D eigenvalue weighted by atomic mass is 10.2. The van der Waals surface area contributed by atoms with Gasteiger partial charge in [0.15, 0.2) is 4.77 Å². The average molecular weight is 302 g/mol. The maximum absolute atomic E-state index is 12.1. The Kier molecular flexibility index (Phi) is 4.76. The van der Waals surface area contributed by atoms with E-state index in [2.05, 4.69) is 11.1 Å². The van der Waals surface area contributed by atoms with Crippen LogP contribution in [0.25, 0.3) is 11.0 Å². The molecule has 2 aromatic rings. The Labute approximate surface area is 128 Å². The third-order valence-electron chi connectivity index (χ3n) is 3.57. The summed E-state index contributed by atoms with van der Waals surface area (Å²) in [5, 5.41) is 8.99. The second kappa shape index (κ2) is 6.55. The molecule has 1 amide bonds. The molecule has 0 atom stereocenters. The van der Waals surface area contributed by atoms with Gasteiger partial charge in [-0.05, 0) is 44.3 Å². The molecule has 21 heavy (non-hydrogen) atoms. The third kappa shape index (κ3) is 3.14. The van der Waals surface area contributed by atoms with Gasteiger partial charge in [0.1, 0.15) is 0 Å². The Balaban J connectivity index is 2.26. The van der Waals surface area contributed by atoms with Crippen LogP contribution in [-0.4, -0.2) is 33.4 Å². The zero-order valence-corrected chi connectivity index (χ0v) is 13.0. The van der Waals surface area contributed by atoms with Crippen molar-refractivity contribution in [2.45, 2.75) is 26.8 Å². The predicted octanol–water partition coefficient (Wildman–Crippen LogP) is 2.83. The maximum Gasteiger partial charge on any atom is 0.224 e. The Morgan fingerprint density at radius 2 is 2.14 bits per heavy atom. The fraction of sp³-hybridized carbons (Fsp3) is 0.400. The summed E-state index contributed by atoms with van der Waals surface area (Å²) >= 11 is 5.31. The number of rotatable bonds is 5. The van der Waals surface area contributed by atoms with Gasteiger partial charge in [-0.2, -0.15) is 5.26 Å². The van der Waals surface area contributed by atoms with E-state index < -0.39 is 0 Å². The molecule has 5 nitrogen and oxygen atoms in total. The van der Waals surface area contributed by atoms with Crippen LogP contribution in [0.1, 0.15) is 25.8 Å². The number of hydrogen-bond acceptors (Lipinski definition) is 3. The first-order chi connectivity index (χ1) is 10.1. The molecule has 0 aliphatic carbocycles. The van der Waals surface area contributed by atoms with Crippen LogP contribution in [0.4, 0.5) is 0 Å². The molecule has 1 aromatic carbocycles. The van der Waals surface area contributed by atoms with Gasteiger partial charge in [-0.1, -0.05) is 0 Å². The Morgan fingerprint density at radius 3 is 2.76 bits per heavy atom. The highest BCUT2D eigenvalue weighted by molar-refractivity contribution is 7.71. The van der Waals surface area contributed by atoms with Gasteiger partial charge in [0, 0.05) is 26.1 Å². The lowest BCUT2D eigenvalue weighted by Gasteiger charge is -2.18. The molecule has 0 fully saturated rings. The SMILES string of the molecule is CCN(CC)C(=O)CCn1c(=S)[nH]c2ccc(C#N)cc21. The minimum absolute atomic E-state index is 0.118. The van der Waals surface area contributed by atoms with Crippen LogP contribution in [0.3, 0.4) is 0 Å². The fourth-order valence-corrected chi connectivity index (χ4v) is 2.69. The van der Waals surface area contributed by atoms with Crippen LogP contribution in [0.2, 0.25) is 0 Å². The zero-order valence-electron chi connectivity index (χ0n) is 12.2. The van der Waals surface area contributed by atoms with Crippen LogP contribution in [-0.2, 0) is 11.3 Å². The molecule has 0 saturated carbocycles. The minimum Gasteiger partial charge on any atom is -0.343 e. The van der Waals surface area contributed by atoms with Crippen LogP contribution < -0.4 is 0 Å². The maximum atomic E-state index is 12.1. The highest BCUT2D eigenvalue weighted by atomic mass is 32.1. The summed E-state index contributed by atoms with van der Waals surface area (Å²) in [6, 6.07) is 7.50. The molecule has 0 unspecified atom stereocenters. The molecule has 0 spiro atoms. The number of imidazole rings is 1. The molecule has 0 aliphatic rings. The number of nitriles is 1. The van der Waals surface area contributed by atoms with Gasteiger partial charge < -0.3 is 14.5 Å². The topological polar surface area (TPSA) is 64.8 Å². The van der Waals surface area contributed by atoms with Crippen molar-refractivity contribution >= 4 is 29.2 Å². The van der Waals surface area contributed by atoms with Gasteiger partial charge in [-0.15, -0.1) is 0 Å². The van der Waals surface area contributed by atoms with Crippen LogP contribution >= 0.6 is 12.2 Å². The first-order valence-corrected chi connectivity index (χ1v) is 7.42. The van der Waals surface area contributed by atoms with E-state index in [0.717, 1.165) is 11.0 Å². The third-order valence-corrected chi connectivity index (χ3v) is 3.89. The minimum atomic E-state index is 0.118. The first kappa shape index (κ1) is 15.3. The zero-order chi connectivity index (χ0) is 15.4. The van der Waals surface area contributed by atoms with Gasteiger partial charge in [0.25, 0.3) is 0 Å². The van der Waals surface area contributed by atoms with Gasteiger partial charge in [-0.25, -0.2) is 0 Å². The molecule has 110 valence electrons. The standard InChI is InChI=1S/C15H18N4OS/c1-3-18(4-2)14(20)7-8-19-13-9-11(10-16)5-6-12(13)17-15(19)21/h5-6,9H,3-4,7-8H2,1-2H3,(H,17,21). The number of benzene rings is 1. The summed E-state index contributed by atoms with van der Waals surface area (Å²) in [5.74, 6) is 0.118. The van der Waals surface area contributed by atoms with Crippen molar-refractivity contribution in [2.75, 3.05) is 13.1 Å². The number of amides is 1. The van der Waals surface area contributed by atoms with E-state index >= 15 is 0 Å². The summed E-state index contributed by atoms with van der Waals surface area (Å²) < 4.78 is 2.46. The normalized spacial score (nSPS) is 10.5. The molecular weight excluding hydrogens is 284 g/mol. The number of carbonyl (C=O) groups is 1. The number of aromatic nitrogens is 2. The monoisotopic (exact) mass is 302 g/mol. The van der Waals surface area contributed by atoms with E-state index in [9.17, 15) is 4.79 Å². The predicted molar refractivity (Wildman–Crippen MR) is 84.4 cm³/mol.